The van der Waals surface area contributed by atoms with Crippen molar-refractivity contribution in [2.75, 3.05) is 6.54 Å². The minimum Gasteiger partial charge on any atom is -0.480 e. The van der Waals surface area contributed by atoms with Crippen LogP contribution < -0.4 is 10.1 Å². The fraction of sp³-hybridized carbons (Fsp3) is 0.500. The van der Waals surface area contributed by atoms with Gasteiger partial charge in [-0.05, 0) is 61.3 Å². The quantitative estimate of drug-likeness (QED) is 0.748. The van der Waals surface area contributed by atoms with E-state index in [0.717, 1.165) is 10.0 Å². The monoisotopic (exact) mass is 371 g/mol. The van der Waals surface area contributed by atoms with Gasteiger partial charge in [0, 0.05) is 6.54 Å². The molecule has 1 aromatic carbocycles. The predicted octanol–water partition coefficient (Wildman–Crippen LogP) is 2.98. The highest BCUT2D eigenvalue weighted by atomic mass is 79.9. The lowest BCUT2D eigenvalue weighted by Crippen LogP contribution is -2.37. The van der Waals surface area contributed by atoms with Gasteiger partial charge in [0.25, 0.3) is 5.91 Å². The Morgan fingerprint density at radius 3 is 2.55 bits per heavy atom. The molecule has 5 nitrogen and oxygen atoms in total. The summed E-state index contributed by atoms with van der Waals surface area (Å²) in [4.78, 5) is 23.3. The second-order valence-electron chi connectivity index (χ2n) is 5.27. The van der Waals surface area contributed by atoms with Crippen LogP contribution in [0.4, 0.5) is 0 Å². The molecule has 1 rings (SSSR count). The Labute approximate surface area is 139 Å². The largest absolute Gasteiger partial charge is 0.480 e. The molecule has 22 heavy (non-hydrogen) atoms. The van der Waals surface area contributed by atoms with Gasteiger partial charge in [-0.25, -0.2) is 0 Å². The topological polar surface area (TPSA) is 64.6 Å². The fourth-order valence-corrected chi connectivity index (χ4v) is 2.29. The van der Waals surface area contributed by atoms with E-state index in [2.05, 4.69) is 21.2 Å². The third-order valence-electron chi connectivity index (χ3n) is 2.76. The summed E-state index contributed by atoms with van der Waals surface area (Å²) in [6, 6.07) is 5.64. The van der Waals surface area contributed by atoms with Gasteiger partial charge < -0.3 is 14.8 Å². The summed E-state index contributed by atoms with van der Waals surface area (Å²) >= 11 is 3.40. The first-order chi connectivity index (χ1) is 10.3. The summed E-state index contributed by atoms with van der Waals surface area (Å²) in [6.07, 6.45) is -0.658. The number of benzene rings is 1. The molecule has 1 unspecified atom stereocenters. The zero-order valence-electron chi connectivity index (χ0n) is 13.3. The summed E-state index contributed by atoms with van der Waals surface area (Å²) in [7, 11) is 0. The SMILES string of the molecule is Cc1ccc(OC(C)C(=O)NCCC(=O)OC(C)C)c(Br)c1. The van der Waals surface area contributed by atoms with Crippen LogP contribution in [0.25, 0.3) is 0 Å². The average Bonchev–Trinajstić information content (AvgIpc) is 2.40. The van der Waals surface area contributed by atoms with Crippen molar-refractivity contribution >= 4 is 27.8 Å². The van der Waals surface area contributed by atoms with Crippen molar-refractivity contribution in [1.29, 1.82) is 0 Å². The lowest BCUT2D eigenvalue weighted by Gasteiger charge is -2.16. The van der Waals surface area contributed by atoms with Gasteiger partial charge in [0.05, 0.1) is 17.0 Å². The standard InChI is InChI=1S/C16H22BrNO4/c1-10(2)21-15(19)7-8-18-16(20)12(4)22-14-6-5-11(3)9-13(14)17/h5-6,9-10,12H,7-8H2,1-4H3,(H,18,20). The van der Waals surface area contributed by atoms with E-state index in [9.17, 15) is 9.59 Å². The van der Waals surface area contributed by atoms with Gasteiger partial charge in [-0.15, -0.1) is 0 Å². The highest BCUT2D eigenvalue weighted by Crippen LogP contribution is 2.26. The van der Waals surface area contributed by atoms with Gasteiger partial charge in [0.1, 0.15) is 5.75 Å². The van der Waals surface area contributed by atoms with Crippen molar-refractivity contribution in [3.63, 3.8) is 0 Å². The predicted molar refractivity (Wildman–Crippen MR) is 87.8 cm³/mol. The number of hydrogen-bond acceptors (Lipinski definition) is 4. The van der Waals surface area contributed by atoms with Crippen LogP contribution in [0.2, 0.25) is 0 Å². The molecule has 0 spiro atoms. The number of hydrogen-bond donors (Lipinski definition) is 1. The van der Waals surface area contributed by atoms with E-state index in [1.807, 2.05) is 25.1 Å². The number of aryl methyl sites for hydroxylation is 1. The molecule has 0 aliphatic heterocycles. The van der Waals surface area contributed by atoms with Gasteiger partial charge >= 0.3 is 5.97 Å². The second-order valence-corrected chi connectivity index (χ2v) is 6.13. The Bertz CT molecular complexity index is 531. The van der Waals surface area contributed by atoms with E-state index in [4.69, 9.17) is 9.47 Å². The number of ether oxygens (including phenoxy) is 2. The first-order valence-electron chi connectivity index (χ1n) is 7.19. The molecule has 1 N–H and O–H groups in total. The van der Waals surface area contributed by atoms with Gasteiger partial charge in [-0.1, -0.05) is 6.07 Å². The average molecular weight is 372 g/mol. The number of amides is 1. The molecule has 0 aliphatic rings. The molecule has 1 aromatic rings. The van der Waals surface area contributed by atoms with Crippen molar-refractivity contribution in [3.05, 3.63) is 28.2 Å². The lowest BCUT2D eigenvalue weighted by molar-refractivity contribution is -0.147. The summed E-state index contributed by atoms with van der Waals surface area (Å²) in [5.41, 5.74) is 1.10. The number of rotatable bonds is 7. The summed E-state index contributed by atoms with van der Waals surface area (Å²) in [6.45, 7) is 7.43. The number of nitrogens with one attached hydrogen (secondary N) is 1. The first kappa shape index (κ1) is 18.5. The van der Waals surface area contributed by atoms with E-state index in [0.29, 0.717) is 5.75 Å². The molecule has 0 heterocycles. The van der Waals surface area contributed by atoms with Crippen LogP contribution in [0.5, 0.6) is 5.75 Å². The summed E-state index contributed by atoms with van der Waals surface area (Å²) in [5, 5.41) is 2.66. The molecule has 122 valence electrons. The Balaban J connectivity index is 2.40. The first-order valence-corrected chi connectivity index (χ1v) is 7.99. The highest BCUT2D eigenvalue weighted by molar-refractivity contribution is 9.10. The smallest absolute Gasteiger partial charge is 0.307 e. The maximum Gasteiger partial charge on any atom is 0.307 e. The maximum absolute atomic E-state index is 11.9. The van der Waals surface area contributed by atoms with Crippen LogP contribution in [0.3, 0.4) is 0 Å². The van der Waals surface area contributed by atoms with Crippen molar-refractivity contribution in [3.8, 4) is 5.75 Å². The highest BCUT2D eigenvalue weighted by Gasteiger charge is 2.16. The molecule has 0 saturated carbocycles. The zero-order chi connectivity index (χ0) is 16.7. The van der Waals surface area contributed by atoms with E-state index in [1.54, 1.807) is 20.8 Å². The molecule has 6 heteroatoms. The van der Waals surface area contributed by atoms with Crippen LogP contribution in [-0.2, 0) is 14.3 Å². The van der Waals surface area contributed by atoms with Crippen LogP contribution in [0.15, 0.2) is 22.7 Å². The summed E-state index contributed by atoms with van der Waals surface area (Å²) in [5.74, 6) is 0.00226. The van der Waals surface area contributed by atoms with E-state index >= 15 is 0 Å². The van der Waals surface area contributed by atoms with Crippen LogP contribution >= 0.6 is 15.9 Å². The van der Waals surface area contributed by atoms with E-state index < -0.39 is 6.10 Å². The van der Waals surface area contributed by atoms with Crippen LogP contribution in [0.1, 0.15) is 32.8 Å². The third-order valence-corrected chi connectivity index (χ3v) is 3.38. The van der Waals surface area contributed by atoms with Crippen LogP contribution in [-0.4, -0.2) is 30.6 Å². The number of carbonyl (C=O) groups excluding carboxylic acids is 2. The van der Waals surface area contributed by atoms with E-state index in [-0.39, 0.29) is 30.9 Å². The van der Waals surface area contributed by atoms with Gasteiger partial charge in [-0.3, -0.25) is 9.59 Å². The Morgan fingerprint density at radius 1 is 1.27 bits per heavy atom. The van der Waals surface area contributed by atoms with Crippen molar-refractivity contribution < 1.29 is 19.1 Å². The molecule has 0 aliphatic carbocycles. The van der Waals surface area contributed by atoms with E-state index in [1.165, 1.54) is 0 Å². The molecular formula is C16H22BrNO4. The Morgan fingerprint density at radius 2 is 1.95 bits per heavy atom. The zero-order valence-corrected chi connectivity index (χ0v) is 14.9. The third kappa shape index (κ3) is 6.47. The molecule has 0 radical (unpaired) electrons. The molecule has 0 aromatic heterocycles. The minimum atomic E-state index is -0.653. The summed E-state index contributed by atoms with van der Waals surface area (Å²) < 4.78 is 11.4. The molecule has 0 saturated heterocycles. The molecule has 1 amide bonds. The number of carbonyl (C=O) groups is 2. The van der Waals surface area contributed by atoms with Gasteiger partial charge in [0.2, 0.25) is 0 Å². The van der Waals surface area contributed by atoms with Crippen molar-refractivity contribution in [2.45, 2.75) is 46.3 Å². The number of esters is 1. The molecule has 1 atom stereocenters. The Kier molecular flexibility index (Phi) is 7.38. The Hall–Kier alpha value is -1.56. The van der Waals surface area contributed by atoms with Gasteiger partial charge in [0.15, 0.2) is 6.10 Å². The fourth-order valence-electron chi connectivity index (χ4n) is 1.70. The van der Waals surface area contributed by atoms with Gasteiger partial charge in [-0.2, -0.15) is 0 Å². The maximum atomic E-state index is 11.9. The van der Waals surface area contributed by atoms with Crippen LogP contribution in [0, 0.1) is 6.92 Å². The van der Waals surface area contributed by atoms with Crippen molar-refractivity contribution in [1.82, 2.24) is 5.32 Å². The van der Waals surface area contributed by atoms with Crippen molar-refractivity contribution in [2.24, 2.45) is 0 Å². The molecular weight excluding hydrogens is 350 g/mol. The minimum absolute atomic E-state index is 0.144. The lowest BCUT2D eigenvalue weighted by atomic mass is 10.2. The normalized spacial score (nSPS) is 11.9. The second kappa shape index (κ2) is 8.78. The molecule has 0 bridgehead atoms. The molecule has 0 fully saturated rings. The number of halogens is 1.